The maximum Gasteiger partial charge on any atom is 0.240 e. The third kappa shape index (κ3) is 3.98. The van der Waals surface area contributed by atoms with Crippen LogP contribution in [0.25, 0.3) is 0 Å². The standard InChI is InChI=1S/C16H26N2O2S/c1-12-7-8-14(13-6-5-10-17-15(12)13)21(19,20)18-11-9-16(2,3)4/h7-8,17-18H,5-6,9-11H2,1-4H3. The van der Waals surface area contributed by atoms with E-state index in [1.165, 1.54) is 0 Å². The Labute approximate surface area is 128 Å². The van der Waals surface area contributed by atoms with Gasteiger partial charge in [-0.25, -0.2) is 13.1 Å². The van der Waals surface area contributed by atoms with Gasteiger partial charge in [-0.15, -0.1) is 0 Å². The molecule has 1 aromatic carbocycles. The number of sulfonamides is 1. The van der Waals surface area contributed by atoms with Crippen molar-refractivity contribution < 1.29 is 8.42 Å². The molecule has 0 amide bonds. The molecule has 0 saturated carbocycles. The maximum atomic E-state index is 12.6. The fourth-order valence-corrected chi connectivity index (χ4v) is 3.91. The molecule has 1 aliphatic rings. The molecule has 0 radical (unpaired) electrons. The minimum absolute atomic E-state index is 0.122. The second-order valence-electron chi connectivity index (χ2n) is 6.97. The van der Waals surface area contributed by atoms with Crippen molar-refractivity contribution in [1.82, 2.24) is 4.72 Å². The summed E-state index contributed by atoms with van der Waals surface area (Å²) in [4.78, 5) is 0.434. The third-order valence-corrected chi connectivity index (χ3v) is 5.39. The van der Waals surface area contributed by atoms with Gasteiger partial charge >= 0.3 is 0 Å². The van der Waals surface area contributed by atoms with Gasteiger partial charge < -0.3 is 5.32 Å². The summed E-state index contributed by atoms with van der Waals surface area (Å²) in [6, 6.07) is 3.62. The molecular formula is C16H26N2O2S. The van der Waals surface area contributed by atoms with E-state index in [0.29, 0.717) is 11.4 Å². The Morgan fingerprint density at radius 2 is 2.00 bits per heavy atom. The van der Waals surface area contributed by atoms with Gasteiger partial charge in [0, 0.05) is 18.8 Å². The first kappa shape index (κ1) is 16.3. The van der Waals surface area contributed by atoms with Crippen LogP contribution in [0.15, 0.2) is 17.0 Å². The SMILES string of the molecule is Cc1ccc(S(=O)(=O)NCCC(C)(C)C)c2c1NCCC2. The molecule has 0 saturated heterocycles. The molecule has 1 aliphatic heterocycles. The summed E-state index contributed by atoms with van der Waals surface area (Å²) in [5.74, 6) is 0. The van der Waals surface area contributed by atoms with Crippen LogP contribution < -0.4 is 10.0 Å². The second-order valence-corrected chi connectivity index (χ2v) is 8.71. The molecule has 2 N–H and O–H groups in total. The summed E-state index contributed by atoms with van der Waals surface area (Å²) in [7, 11) is -3.43. The molecule has 1 aromatic rings. The first-order valence-corrected chi connectivity index (χ1v) is 9.05. The van der Waals surface area contributed by atoms with Crippen LogP contribution >= 0.6 is 0 Å². The van der Waals surface area contributed by atoms with Crippen LogP contribution in [-0.4, -0.2) is 21.5 Å². The average Bonchev–Trinajstić information content (AvgIpc) is 2.37. The Balaban J connectivity index is 2.24. The van der Waals surface area contributed by atoms with Gasteiger partial charge in [0.15, 0.2) is 0 Å². The van der Waals surface area contributed by atoms with Crippen LogP contribution in [0.2, 0.25) is 0 Å². The molecule has 0 fully saturated rings. The lowest BCUT2D eigenvalue weighted by molar-refractivity contribution is 0.378. The Kier molecular flexibility index (Phi) is 4.63. The zero-order chi connectivity index (χ0) is 15.7. The van der Waals surface area contributed by atoms with E-state index in [9.17, 15) is 8.42 Å². The molecule has 0 aromatic heterocycles. The van der Waals surface area contributed by atoms with Gasteiger partial charge in [-0.2, -0.15) is 0 Å². The second kappa shape index (κ2) is 5.97. The Bertz CT molecular complexity index is 616. The highest BCUT2D eigenvalue weighted by Crippen LogP contribution is 2.31. The molecule has 0 atom stereocenters. The van der Waals surface area contributed by atoms with Gasteiger partial charge in [0.2, 0.25) is 10.0 Å². The van der Waals surface area contributed by atoms with Gasteiger partial charge in [0.25, 0.3) is 0 Å². The molecule has 118 valence electrons. The van der Waals surface area contributed by atoms with E-state index in [0.717, 1.165) is 42.6 Å². The molecule has 0 aliphatic carbocycles. The number of hydrogen-bond donors (Lipinski definition) is 2. The summed E-state index contributed by atoms with van der Waals surface area (Å²) in [6.45, 7) is 9.73. The predicted molar refractivity (Wildman–Crippen MR) is 87.3 cm³/mol. The van der Waals surface area contributed by atoms with Gasteiger partial charge in [-0.3, -0.25) is 0 Å². The molecule has 1 heterocycles. The zero-order valence-corrected chi connectivity index (χ0v) is 14.2. The van der Waals surface area contributed by atoms with E-state index >= 15 is 0 Å². The lowest BCUT2D eigenvalue weighted by Gasteiger charge is -2.23. The molecule has 0 unspecified atom stereocenters. The summed E-state index contributed by atoms with van der Waals surface area (Å²) in [6.07, 6.45) is 2.61. The van der Waals surface area contributed by atoms with E-state index in [1.54, 1.807) is 6.07 Å². The summed E-state index contributed by atoms with van der Waals surface area (Å²) in [5, 5.41) is 3.33. The van der Waals surface area contributed by atoms with Crippen molar-refractivity contribution in [2.75, 3.05) is 18.4 Å². The fourth-order valence-electron chi connectivity index (χ4n) is 2.61. The highest BCUT2D eigenvalue weighted by Gasteiger charge is 2.24. The highest BCUT2D eigenvalue weighted by molar-refractivity contribution is 7.89. The summed E-state index contributed by atoms with van der Waals surface area (Å²) in [5.41, 5.74) is 3.17. The predicted octanol–water partition coefficient (Wildman–Crippen LogP) is 3.07. The topological polar surface area (TPSA) is 58.2 Å². The molecule has 2 rings (SSSR count). The summed E-state index contributed by atoms with van der Waals surface area (Å²) >= 11 is 0. The fraction of sp³-hybridized carbons (Fsp3) is 0.625. The van der Waals surface area contributed by atoms with Gasteiger partial charge in [0.1, 0.15) is 0 Å². The average molecular weight is 310 g/mol. The van der Waals surface area contributed by atoms with E-state index in [2.05, 4.69) is 30.8 Å². The number of benzene rings is 1. The monoisotopic (exact) mass is 310 g/mol. The number of aryl methyl sites for hydroxylation is 1. The zero-order valence-electron chi connectivity index (χ0n) is 13.4. The van der Waals surface area contributed by atoms with Crippen molar-refractivity contribution in [3.63, 3.8) is 0 Å². The smallest absolute Gasteiger partial charge is 0.240 e. The van der Waals surface area contributed by atoms with E-state index in [1.807, 2.05) is 13.0 Å². The Morgan fingerprint density at radius 3 is 2.67 bits per heavy atom. The third-order valence-electron chi connectivity index (χ3n) is 3.84. The van der Waals surface area contributed by atoms with Gasteiger partial charge in [-0.05, 0) is 48.8 Å². The van der Waals surface area contributed by atoms with E-state index in [-0.39, 0.29) is 5.41 Å². The van der Waals surface area contributed by atoms with Crippen LogP contribution in [0, 0.1) is 12.3 Å². The first-order valence-electron chi connectivity index (χ1n) is 7.57. The molecule has 5 heteroatoms. The quantitative estimate of drug-likeness (QED) is 0.898. The van der Waals surface area contributed by atoms with Crippen molar-refractivity contribution in [3.05, 3.63) is 23.3 Å². The molecule has 0 spiro atoms. The minimum Gasteiger partial charge on any atom is -0.385 e. The van der Waals surface area contributed by atoms with Gasteiger partial charge in [0.05, 0.1) is 4.90 Å². The van der Waals surface area contributed by atoms with Crippen molar-refractivity contribution in [3.8, 4) is 0 Å². The van der Waals surface area contributed by atoms with Crippen LogP contribution in [-0.2, 0) is 16.4 Å². The highest BCUT2D eigenvalue weighted by atomic mass is 32.2. The minimum atomic E-state index is -3.43. The Hall–Kier alpha value is -1.07. The van der Waals surface area contributed by atoms with Crippen LogP contribution in [0.5, 0.6) is 0 Å². The van der Waals surface area contributed by atoms with Crippen molar-refractivity contribution in [2.24, 2.45) is 5.41 Å². The lowest BCUT2D eigenvalue weighted by Crippen LogP contribution is -2.29. The maximum absolute atomic E-state index is 12.6. The van der Waals surface area contributed by atoms with Crippen molar-refractivity contribution in [2.45, 2.75) is 51.9 Å². The van der Waals surface area contributed by atoms with Crippen molar-refractivity contribution >= 4 is 15.7 Å². The normalized spacial score (nSPS) is 15.4. The number of hydrogen-bond acceptors (Lipinski definition) is 3. The van der Waals surface area contributed by atoms with Crippen LogP contribution in [0.1, 0.15) is 44.7 Å². The molecule has 4 nitrogen and oxygen atoms in total. The largest absolute Gasteiger partial charge is 0.385 e. The van der Waals surface area contributed by atoms with Crippen LogP contribution in [0.3, 0.4) is 0 Å². The first-order chi connectivity index (χ1) is 9.71. The molecule has 0 bridgehead atoms. The number of fused-ring (bicyclic) bond motifs is 1. The van der Waals surface area contributed by atoms with E-state index < -0.39 is 10.0 Å². The number of anilines is 1. The Morgan fingerprint density at radius 1 is 1.29 bits per heavy atom. The number of nitrogens with one attached hydrogen (secondary N) is 2. The van der Waals surface area contributed by atoms with Crippen molar-refractivity contribution in [1.29, 1.82) is 0 Å². The molecular weight excluding hydrogens is 284 g/mol. The van der Waals surface area contributed by atoms with Gasteiger partial charge in [-0.1, -0.05) is 26.8 Å². The number of rotatable bonds is 4. The lowest BCUT2D eigenvalue weighted by atomic mass is 9.93. The molecule has 21 heavy (non-hydrogen) atoms. The summed E-state index contributed by atoms with van der Waals surface area (Å²) < 4.78 is 27.9. The van der Waals surface area contributed by atoms with E-state index in [4.69, 9.17) is 0 Å². The van der Waals surface area contributed by atoms with Crippen LogP contribution in [0.4, 0.5) is 5.69 Å².